The summed E-state index contributed by atoms with van der Waals surface area (Å²) in [5, 5.41) is 2.64. The Morgan fingerprint density at radius 2 is 2.00 bits per heavy atom. The Labute approximate surface area is 156 Å². The Bertz CT molecular complexity index is 601. The molecule has 0 unspecified atom stereocenters. The van der Waals surface area contributed by atoms with Crippen molar-refractivity contribution in [3.8, 4) is 0 Å². The average Bonchev–Trinajstić information content (AvgIpc) is 3.09. The molecule has 0 spiro atoms. The van der Waals surface area contributed by atoms with Crippen molar-refractivity contribution in [2.45, 2.75) is 45.1 Å². The van der Waals surface area contributed by atoms with Crippen molar-refractivity contribution >= 4 is 11.8 Å². The molecule has 1 atom stereocenters. The molecule has 0 bridgehead atoms. The number of pyridine rings is 1. The van der Waals surface area contributed by atoms with Crippen LogP contribution in [0.2, 0.25) is 0 Å². The molecule has 0 aromatic carbocycles. The minimum Gasteiger partial charge on any atom is -0.347 e. The van der Waals surface area contributed by atoms with E-state index in [4.69, 9.17) is 0 Å². The SMILES string of the molecule is CC(=O)NCC(=O)N1CCN(C2CCCC2)C[C@H](Cc2ccccn2)C1. The maximum Gasteiger partial charge on any atom is 0.242 e. The zero-order valence-corrected chi connectivity index (χ0v) is 15.7. The Balaban J connectivity index is 1.68. The summed E-state index contributed by atoms with van der Waals surface area (Å²) in [6, 6.07) is 6.68. The van der Waals surface area contributed by atoms with Crippen LogP contribution in [0.4, 0.5) is 0 Å². The largest absolute Gasteiger partial charge is 0.347 e. The highest BCUT2D eigenvalue weighted by atomic mass is 16.2. The topological polar surface area (TPSA) is 65.5 Å². The first kappa shape index (κ1) is 18.8. The zero-order valence-electron chi connectivity index (χ0n) is 15.7. The van der Waals surface area contributed by atoms with Gasteiger partial charge >= 0.3 is 0 Å². The van der Waals surface area contributed by atoms with E-state index in [0.717, 1.165) is 38.3 Å². The molecule has 2 fully saturated rings. The van der Waals surface area contributed by atoms with E-state index in [1.165, 1.54) is 32.6 Å². The Morgan fingerprint density at radius 3 is 2.69 bits per heavy atom. The third-order valence-corrected chi connectivity index (χ3v) is 5.53. The van der Waals surface area contributed by atoms with Crippen LogP contribution in [0.25, 0.3) is 0 Å². The first-order valence-electron chi connectivity index (χ1n) is 9.78. The van der Waals surface area contributed by atoms with Crippen molar-refractivity contribution in [3.63, 3.8) is 0 Å². The molecule has 142 valence electrons. The molecule has 1 aromatic rings. The van der Waals surface area contributed by atoms with Crippen LogP contribution in [0.3, 0.4) is 0 Å². The predicted octanol–water partition coefficient (Wildman–Crippen LogP) is 1.46. The molecule has 2 heterocycles. The highest BCUT2D eigenvalue weighted by molar-refractivity contribution is 5.83. The quantitative estimate of drug-likeness (QED) is 0.866. The van der Waals surface area contributed by atoms with Crippen LogP contribution in [0, 0.1) is 5.92 Å². The first-order valence-corrected chi connectivity index (χ1v) is 9.78. The molecular formula is C20H30N4O2. The fourth-order valence-electron chi connectivity index (χ4n) is 4.22. The van der Waals surface area contributed by atoms with Gasteiger partial charge in [0, 0.05) is 51.0 Å². The van der Waals surface area contributed by atoms with Gasteiger partial charge in [-0.25, -0.2) is 0 Å². The molecule has 3 rings (SSSR count). The number of hydrogen-bond donors (Lipinski definition) is 1. The van der Waals surface area contributed by atoms with Gasteiger partial charge < -0.3 is 10.2 Å². The van der Waals surface area contributed by atoms with Gasteiger partial charge in [0.05, 0.1) is 6.54 Å². The number of amides is 2. The van der Waals surface area contributed by atoms with Crippen molar-refractivity contribution < 1.29 is 9.59 Å². The van der Waals surface area contributed by atoms with Crippen molar-refractivity contribution in [1.29, 1.82) is 0 Å². The lowest BCUT2D eigenvalue weighted by Crippen LogP contribution is -2.42. The lowest BCUT2D eigenvalue weighted by Gasteiger charge is -2.29. The van der Waals surface area contributed by atoms with E-state index < -0.39 is 0 Å². The summed E-state index contributed by atoms with van der Waals surface area (Å²) < 4.78 is 0. The summed E-state index contributed by atoms with van der Waals surface area (Å²) in [7, 11) is 0. The number of nitrogens with one attached hydrogen (secondary N) is 1. The predicted molar refractivity (Wildman–Crippen MR) is 101 cm³/mol. The van der Waals surface area contributed by atoms with E-state index in [9.17, 15) is 9.59 Å². The number of aromatic nitrogens is 1. The fraction of sp³-hybridized carbons (Fsp3) is 0.650. The van der Waals surface area contributed by atoms with Crippen molar-refractivity contribution in [2.75, 3.05) is 32.7 Å². The molecule has 2 aliphatic rings. The van der Waals surface area contributed by atoms with Gasteiger partial charge in [-0.15, -0.1) is 0 Å². The van der Waals surface area contributed by atoms with Gasteiger partial charge in [0.15, 0.2) is 0 Å². The standard InChI is InChI=1S/C20H30N4O2/c1-16(25)22-13-20(26)24-11-10-23(19-7-2-3-8-19)14-17(15-24)12-18-6-4-5-9-21-18/h4-6,9,17,19H,2-3,7-8,10-15H2,1H3,(H,22,25)/t17-/m0/s1. The molecule has 1 saturated carbocycles. The highest BCUT2D eigenvalue weighted by Gasteiger charge is 2.30. The smallest absolute Gasteiger partial charge is 0.242 e. The van der Waals surface area contributed by atoms with Gasteiger partial charge in [-0.1, -0.05) is 18.9 Å². The minimum absolute atomic E-state index is 0.0134. The van der Waals surface area contributed by atoms with E-state index >= 15 is 0 Å². The number of carbonyl (C=O) groups excluding carboxylic acids is 2. The number of nitrogens with zero attached hydrogens (tertiary/aromatic N) is 3. The lowest BCUT2D eigenvalue weighted by molar-refractivity contribution is -0.132. The molecule has 6 nitrogen and oxygen atoms in total. The summed E-state index contributed by atoms with van der Waals surface area (Å²) in [6.07, 6.45) is 7.90. The van der Waals surface area contributed by atoms with Crippen LogP contribution in [0.1, 0.15) is 38.3 Å². The normalized spacial score (nSPS) is 22.2. The van der Waals surface area contributed by atoms with Gasteiger partial charge in [0.25, 0.3) is 0 Å². The second kappa shape index (κ2) is 9.12. The minimum atomic E-state index is -0.161. The van der Waals surface area contributed by atoms with Gasteiger partial charge in [0.1, 0.15) is 0 Å². The molecule has 6 heteroatoms. The Hall–Kier alpha value is -1.95. The zero-order chi connectivity index (χ0) is 18.4. The summed E-state index contributed by atoms with van der Waals surface area (Å²) in [5.41, 5.74) is 1.08. The van der Waals surface area contributed by atoms with Crippen LogP contribution in [-0.4, -0.2) is 65.4 Å². The summed E-state index contributed by atoms with van der Waals surface area (Å²) in [5.74, 6) is 0.222. The van der Waals surface area contributed by atoms with Crippen LogP contribution in [-0.2, 0) is 16.0 Å². The number of hydrogen-bond acceptors (Lipinski definition) is 4. The third-order valence-electron chi connectivity index (χ3n) is 5.53. The van der Waals surface area contributed by atoms with Crippen molar-refractivity contribution in [1.82, 2.24) is 20.1 Å². The second-order valence-corrected chi connectivity index (χ2v) is 7.57. The van der Waals surface area contributed by atoms with Gasteiger partial charge in [-0.2, -0.15) is 0 Å². The molecule has 2 amide bonds. The van der Waals surface area contributed by atoms with Crippen molar-refractivity contribution in [2.24, 2.45) is 5.92 Å². The lowest BCUT2D eigenvalue weighted by atomic mass is 10.0. The summed E-state index contributed by atoms with van der Waals surface area (Å²) in [4.78, 5) is 32.7. The molecule has 26 heavy (non-hydrogen) atoms. The van der Waals surface area contributed by atoms with Crippen LogP contribution < -0.4 is 5.32 Å². The van der Waals surface area contributed by atoms with Crippen molar-refractivity contribution in [3.05, 3.63) is 30.1 Å². The monoisotopic (exact) mass is 358 g/mol. The molecule has 1 aromatic heterocycles. The second-order valence-electron chi connectivity index (χ2n) is 7.57. The van der Waals surface area contributed by atoms with E-state index in [0.29, 0.717) is 12.0 Å². The molecule has 1 aliphatic heterocycles. The molecule has 0 radical (unpaired) electrons. The van der Waals surface area contributed by atoms with Gasteiger partial charge in [0.2, 0.25) is 11.8 Å². The average molecular weight is 358 g/mol. The first-order chi connectivity index (χ1) is 12.6. The van der Waals surface area contributed by atoms with Gasteiger partial charge in [-0.05, 0) is 37.3 Å². The summed E-state index contributed by atoms with van der Waals surface area (Å²) in [6.45, 7) is 4.96. The molecule has 1 N–H and O–H groups in total. The van der Waals surface area contributed by atoms with E-state index in [-0.39, 0.29) is 18.4 Å². The van der Waals surface area contributed by atoms with E-state index in [1.807, 2.05) is 23.2 Å². The summed E-state index contributed by atoms with van der Waals surface area (Å²) >= 11 is 0. The maximum atomic E-state index is 12.6. The molecular weight excluding hydrogens is 328 g/mol. The molecule has 1 saturated heterocycles. The van der Waals surface area contributed by atoms with Gasteiger partial charge in [-0.3, -0.25) is 19.5 Å². The number of carbonyl (C=O) groups is 2. The third kappa shape index (κ3) is 5.27. The van der Waals surface area contributed by atoms with Crippen LogP contribution >= 0.6 is 0 Å². The Morgan fingerprint density at radius 1 is 1.19 bits per heavy atom. The van der Waals surface area contributed by atoms with E-state index in [2.05, 4.69) is 21.3 Å². The van der Waals surface area contributed by atoms with Crippen LogP contribution in [0.5, 0.6) is 0 Å². The molecule has 1 aliphatic carbocycles. The van der Waals surface area contributed by atoms with Crippen LogP contribution in [0.15, 0.2) is 24.4 Å². The fourth-order valence-corrected chi connectivity index (χ4v) is 4.22. The Kier molecular flexibility index (Phi) is 6.61. The number of rotatable bonds is 5. The van der Waals surface area contributed by atoms with E-state index in [1.54, 1.807) is 0 Å². The maximum absolute atomic E-state index is 12.6. The highest BCUT2D eigenvalue weighted by Crippen LogP contribution is 2.26.